The molecule has 0 amide bonds. The molecular formula is C14H30N2O2. The monoisotopic (exact) mass is 258 g/mol. The first kappa shape index (κ1) is 15.9. The second-order valence-corrected chi connectivity index (χ2v) is 6.31. The molecule has 1 saturated heterocycles. The van der Waals surface area contributed by atoms with Gasteiger partial charge in [-0.3, -0.25) is 0 Å². The summed E-state index contributed by atoms with van der Waals surface area (Å²) >= 11 is 0. The van der Waals surface area contributed by atoms with Gasteiger partial charge in [0.25, 0.3) is 0 Å². The van der Waals surface area contributed by atoms with E-state index in [0.29, 0.717) is 19.1 Å². The standard InChI is InChI=1S/C14H30N2O2/c1-12(9-13-5-7-18-8-6-13)15-10-14(2,17)11-16(3)4/h12-13,15,17H,5-11H2,1-4H3. The van der Waals surface area contributed by atoms with Gasteiger partial charge in [0, 0.05) is 32.3 Å². The molecule has 0 aromatic carbocycles. The van der Waals surface area contributed by atoms with Crippen molar-refractivity contribution in [2.75, 3.05) is 40.4 Å². The van der Waals surface area contributed by atoms with Crippen LogP contribution in [-0.4, -0.2) is 62.0 Å². The minimum absolute atomic E-state index is 0.460. The van der Waals surface area contributed by atoms with Gasteiger partial charge in [-0.2, -0.15) is 0 Å². The van der Waals surface area contributed by atoms with Crippen molar-refractivity contribution in [3.8, 4) is 0 Å². The Labute approximate surface area is 112 Å². The van der Waals surface area contributed by atoms with E-state index >= 15 is 0 Å². The molecule has 0 spiro atoms. The van der Waals surface area contributed by atoms with Gasteiger partial charge in [0.15, 0.2) is 0 Å². The van der Waals surface area contributed by atoms with Crippen LogP contribution in [0, 0.1) is 5.92 Å². The van der Waals surface area contributed by atoms with Crippen molar-refractivity contribution < 1.29 is 9.84 Å². The minimum atomic E-state index is -0.659. The molecule has 2 atom stereocenters. The number of rotatable bonds is 7. The first-order valence-electron chi connectivity index (χ1n) is 7.07. The number of aliphatic hydroxyl groups is 1. The molecule has 0 radical (unpaired) electrons. The highest BCUT2D eigenvalue weighted by molar-refractivity contribution is 4.80. The summed E-state index contributed by atoms with van der Waals surface area (Å²) in [4.78, 5) is 2.02. The van der Waals surface area contributed by atoms with Crippen molar-refractivity contribution >= 4 is 0 Å². The van der Waals surface area contributed by atoms with Gasteiger partial charge >= 0.3 is 0 Å². The number of hydrogen-bond acceptors (Lipinski definition) is 4. The molecule has 1 aliphatic rings. The van der Waals surface area contributed by atoms with Crippen LogP contribution >= 0.6 is 0 Å². The Hall–Kier alpha value is -0.160. The molecule has 1 aliphatic heterocycles. The third-order valence-electron chi connectivity index (χ3n) is 3.52. The van der Waals surface area contributed by atoms with Gasteiger partial charge in [0.2, 0.25) is 0 Å². The Bertz CT molecular complexity index is 226. The molecule has 18 heavy (non-hydrogen) atoms. The van der Waals surface area contributed by atoms with Gasteiger partial charge in [-0.1, -0.05) is 0 Å². The van der Waals surface area contributed by atoms with Gasteiger partial charge in [-0.25, -0.2) is 0 Å². The average molecular weight is 258 g/mol. The number of ether oxygens (including phenoxy) is 1. The molecule has 0 aliphatic carbocycles. The molecule has 108 valence electrons. The minimum Gasteiger partial charge on any atom is -0.388 e. The lowest BCUT2D eigenvalue weighted by molar-refractivity contribution is 0.0287. The maximum atomic E-state index is 10.2. The molecule has 4 heteroatoms. The number of hydrogen-bond donors (Lipinski definition) is 2. The van der Waals surface area contributed by atoms with Gasteiger partial charge in [0.1, 0.15) is 0 Å². The van der Waals surface area contributed by atoms with E-state index in [4.69, 9.17) is 4.74 Å². The van der Waals surface area contributed by atoms with Crippen LogP contribution in [0.15, 0.2) is 0 Å². The van der Waals surface area contributed by atoms with Crippen LogP contribution in [0.2, 0.25) is 0 Å². The lowest BCUT2D eigenvalue weighted by atomic mass is 9.93. The number of nitrogens with zero attached hydrogens (tertiary/aromatic N) is 1. The van der Waals surface area contributed by atoms with Crippen molar-refractivity contribution in [3.63, 3.8) is 0 Å². The molecule has 1 rings (SSSR count). The molecule has 0 aromatic rings. The highest BCUT2D eigenvalue weighted by atomic mass is 16.5. The van der Waals surface area contributed by atoms with E-state index in [-0.39, 0.29) is 0 Å². The Balaban J connectivity index is 2.20. The fourth-order valence-electron chi connectivity index (χ4n) is 2.70. The molecule has 2 unspecified atom stereocenters. The zero-order valence-corrected chi connectivity index (χ0v) is 12.4. The maximum Gasteiger partial charge on any atom is 0.0869 e. The zero-order chi connectivity index (χ0) is 13.6. The quantitative estimate of drug-likeness (QED) is 0.717. The SMILES string of the molecule is CC(CC1CCOCC1)NCC(C)(O)CN(C)C. The summed E-state index contributed by atoms with van der Waals surface area (Å²) in [6.07, 6.45) is 3.54. The normalized spacial score (nSPS) is 23.0. The lowest BCUT2D eigenvalue weighted by Gasteiger charge is -2.30. The summed E-state index contributed by atoms with van der Waals surface area (Å²) in [6, 6.07) is 0.460. The second-order valence-electron chi connectivity index (χ2n) is 6.31. The average Bonchev–Trinajstić information content (AvgIpc) is 2.26. The summed E-state index contributed by atoms with van der Waals surface area (Å²) in [5.41, 5.74) is -0.659. The van der Waals surface area contributed by atoms with Crippen LogP contribution in [0.3, 0.4) is 0 Å². The zero-order valence-electron chi connectivity index (χ0n) is 12.4. The third-order valence-corrected chi connectivity index (χ3v) is 3.52. The van der Waals surface area contributed by atoms with E-state index in [1.165, 1.54) is 19.3 Å². The van der Waals surface area contributed by atoms with Crippen LogP contribution in [0.1, 0.15) is 33.1 Å². The smallest absolute Gasteiger partial charge is 0.0869 e. The van der Waals surface area contributed by atoms with E-state index in [0.717, 1.165) is 19.1 Å². The molecule has 1 heterocycles. The van der Waals surface area contributed by atoms with Gasteiger partial charge < -0.3 is 20.1 Å². The van der Waals surface area contributed by atoms with Crippen molar-refractivity contribution in [2.24, 2.45) is 5.92 Å². The predicted octanol–water partition coefficient (Wildman–Crippen LogP) is 1.09. The Morgan fingerprint density at radius 2 is 2.00 bits per heavy atom. The van der Waals surface area contributed by atoms with Crippen LogP contribution in [0.5, 0.6) is 0 Å². The Kier molecular flexibility index (Phi) is 6.57. The van der Waals surface area contributed by atoms with Crippen LogP contribution in [-0.2, 0) is 4.74 Å². The second kappa shape index (κ2) is 7.43. The Morgan fingerprint density at radius 3 is 2.56 bits per heavy atom. The fourth-order valence-corrected chi connectivity index (χ4v) is 2.70. The maximum absolute atomic E-state index is 10.2. The van der Waals surface area contributed by atoms with E-state index in [2.05, 4.69) is 12.2 Å². The van der Waals surface area contributed by atoms with Gasteiger partial charge in [0.05, 0.1) is 5.60 Å². The van der Waals surface area contributed by atoms with Crippen LogP contribution in [0.25, 0.3) is 0 Å². The van der Waals surface area contributed by atoms with Crippen molar-refractivity contribution in [3.05, 3.63) is 0 Å². The largest absolute Gasteiger partial charge is 0.388 e. The van der Waals surface area contributed by atoms with Gasteiger partial charge in [-0.05, 0) is 53.1 Å². The summed E-state index contributed by atoms with van der Waals surface area (Å²) in [5.74, 6) is 0.778. The summed E-state index contributed by atoms with van der Waals surface area (Å²) < 4.78 is 5.37. The topological polar surface area (TPSA) is 44.7 Å². The van der Waals surface area contributed by atoms with Crippen molar-refractivity contribution in [1.82, 2.24) is 10.2 Å². The molecule has 4 nitrogen and oxygen atoms in total. The highest BCUT2D eigenvalue weighted by Gasteiger charge is 2.23. The molecule has 0 saturated carbocycles. The van der Waals surface area contributed by atoms with E-state index in [1.54, 1.807) is 0 Å². The molecule has 1 fully saturated rings. The Morgan fingerprint density at radius 1 is 1.39 bits per heavy atom. The molecule has 0 bridgehead atoms. The van der Waals surface area contributed by atoms with Gasteiger partial charge in [-0.15, -0.1) is 0 Å². The van der Waals surface area contributed by atoms with E-state index in [1.807, 2.05) is 25.9 Å². The van der Waals surface area contributed by atoms with E-state index in [9.17, 15) is 5.11 Å². The molecule has 2 N–H and O–H groups in total. The van der Waals surface area contributed by atoms with Crippen molar-refractivity contribution in [2.45, 2.75) is 44.8 Å². The van der Waals surface area contributed by atoms with Crippen LogP contribution in [0.4, 0.5) is 0 Å². The molecule has 0 aromatic heterocycles. The first-order chi connectivity index (χ1) is 8.39. The number of nitrogens with one attached hydrogen (secondary N) is 1. The lowest BCUT2D eigenvalue weighted by Crippen LogP contribution is -2.48. The first-order valence-corrected chi connectivity index (χ1v) is 7.07. The van der Waals surface area contributed by atoms with E-state index < -0.39 is 5.60 Å². The highest BCUT2D eigenvalue weighted by Crippen LogP contribution is 2.20. The summed E-state index contributed by atoms with van der Waals surface area (Å²) in [5, 5.41) is 13.7. The van der Waals surface area contributed by atoms with Crippen molar-refractivity contribution in [1.29, 1.82) is 0 Å². The van der Waals surface area contributed by atoms with Crippen LogP contribution < -0.4 is 5.32 Å². The summed E-state index contributed by atoms with van der Waals surface area (Å²) in [7, 11) is 3.97. The fraction of sp³-hybridized carbons (Fsp3) is 1.00. The molecular weight excluding hydrogens is 228 g/mol. The number of likely N-dealkylation sites (N-methyl/N-ethyl adjacent to an activating group) is 1. The third kappa shape index (κ3) is 6.69. The summed E-state index contributed by atoms with van der Waals surface area (Å²) in [6.45, 7) is 7.26. The predicted molar refractivity (Wildman–Crippen MR) is 74.8 cm³/mol.